The summed E-state index contributed by atoms with van der Waals surface area (Å²) in [6, 6.07) is 0. The largest absolute Gasteiger partial charge is 0.459 e. The third-order valence-electron chi connectivity index (χ3n) is 10.2. The first-order valence-corrected chi connectivity index (χ1v) is 12.4. The van der Waals surface area contributed by atoms with E-state index in [1.54, 1.807) is 13.0 Å². The smallest absolute Gasteiger partial charge is 0.309 e. The molecule has 0 unspecified atom stereocenters. The number of carbonyl (C=O) groups is 3. The number of cyclic esters (lactones) is 1. The van der Waals surface area contributed by atoms with Crippen LogP contribution in [0, 0.1) is 46.8 Å². The maximum absolute atomic E-state index is 13.6. The molecule has 5 rings (SSSR count). The molecule has 0 bridgehead atoms. The lowest BCUT2D eigenvalue weighted by Crippen LogP contribution is -2.57. The topological polar surface area (TPSA) is 80.7 Å². The SMILES string of the molecule is C[C@H]1C[C@@H]([C@](C)(O)[C@H]2CC[C@H]3[C@@H]4CC=C5CC=CC(=O)[C@]5(C)[C@H]4CC(=O)[C@@H]32)OC(=O)[C@@H]1C. The average molecular weight is 441 g/mol. The molecule has 174 valence electrons. The molecular formula is C27H36O5. The summed E-state index contributed by atoms with van der Waals surface area (Å²) in [5.41, 5.74) is -0.616. The summed E-state index contributed by atoms with van der Waals surface area (Å²) in [4.78, 5) is 39.0. The van der Waals surface area contributed by atoms with E-state index >= 15 is 0 Å². The third-order valence-corrected chi connectivity index (χ3v) is 10.2. The standard InChI is InChI=1S/C27H36O5/c1-14-12-23(32-25(30)15(14)2)27(4,31)19-11-10-18-17-9-8-16-6-5-7-22(29)26(16,3)20(17)13-21(28)24(18)19/h5,7-8,14-15,17-20,23-24,31H,6,9-13H2,1-4H3/t14-,15+,17-,18-,19-,20-,23-,24-,26-,27+/m0/s1. The first kappa shape index (κ1) is 22.1. The molecule has 0 spiro atoms. The van der Waals surface area contributed by atoms with Gasteiger partial charge in [-0.15, -0.1) is 0 Å². The second kappa shape index (κ2) is 7.38. The van der Waals surface area contributed by atoms with E-state index < -0.39 is 17.1 Å². The minimum atomic E-state index is -1.23. The fraction of sp³-hybridized carbons (Fsp3) is 0.741. The summed E-state index contributed by atoms with van der Waals surface area (Å²) >= 11 is 0. The van der Waals surface area contributed by atoms with Crippen molar-refractivity contribution in [3.8, 4) is 0 Å². The van der Waals surface area contributed by atoms with Gasteiger partial charge in [-0.25, -0.2) is 0 Å². The second-order valence-electron chi connectivity index (χ2n) is 11.6. The number of aliphatic hydroxyl groups is 1. The highest BCUT2D eigenvalue weighted by molar-refractivity contribution is 5.99. The molecule has 0 amide bonds. The van der Waals surface area contributed by atoms with Gasteiger partial charge in [-0.1, -0.05) is 31.6 Å². The quantitative estimate of drug-likeness (QED) is 0.518. The summed E-state index contributed by atoms with van der Waals surface area (Å²) in [5, 5.41) is 11.7. The molecule has 0 aromatic heterocycles. The van der Waals surface area contributed by atoms with Gasteiger partial charge >= 0.3 is 5.97 Å². The van der Waals surface area contributed by atoms with Gasteiger partial charge in [0, 0.05) is 18.3 Å². The van der Waals surface area contributed by atoms with Crippen LogP contribution >= 0.6 is 0 Å². The Morgan fingerprint density at radius 2 is 1.91 bits per heavy atom. The number of ether oxygens (including phenoxy) is 1. The van der Waals surface area contributed by atoms with Crippen LogP contribution in [-0.4, -0.2) is 34.3 Å². The molecule has 3 fully saturated rings. The zero-order valence-corrected chi connectivity index (χ0v) is 19.7. The van der Waals surface area contributed by atoms with E-state index in [0.29, 0.717) is 12.8 Å². The van der Waals surface area contributed by atoms with Crippen molar-refractivity contribution in [2.45, 2.75) is 77.9 Å². The molecule has 32 heavy (non-hydrogen) atoms. The Hall–Kier alpha value is -1.75. The van der Waals surface area contributed by atoms with Crippen molar-refractivity contribution in [1.29, 1.82) is 0 Å². The minimum absolute atomic E-state index is 0.0470. The Morgan fingerprint density at radius 3 is 2.62 bits per heavy atom. The van der Waals surface area contributed by atoms with Crippen molar-refractivity contribution in [3.05, 3.63) is 23.8 Å². The Bertz CT molecular complexity index is 913. The Kier molecular flexibility index (Phi) is 5.09. The lowest BCUT2D eigenvalue weighted by Gasteiger charge is -2.53. The van der Waals surface area contributed by atoms with Crippen molar-refractivity contribution < 1.29 is 24.2 Å². The summed E-state index contributed by atoms with van der Waals surface area (Å²) in [7, 11) is 0. The highest BCUT2D eigenvalue weighted by Crippen LogP contribution is 2.61. The Balaban J connectivity index is 1.43. The fourth-order valence-electron chi connectivity index (χ4n) is 7.90. The number of esters is 1. The van der Waals surface area contributed by atoms with Gasteiger partial charge in [-0.05, 0) is 75.7 Å². The van der Waals surface area contributed by atoms with Crippen molar-refractivity contribution in [2.24, 2.45) is 46.8 Å². The van der Waals surface area contributed by atoms with Crippen LogP contribution in [0.25, 0.3) is 0 Å². The molecular weight excluding hydrogens is 404 g/mol. The summed E-state index contributed by atoms with van der Waals surface area (Å²) in [5.74, 6) is 0.141. The van der Waals surface area contributed by atoms with Crippen molar-refractivity contribution >= 4 is 17.5 Å². The van der Waals surface area contributed by atoms with E-state index in [9.17, 15) is 19.5 Å². The predicted octanol–water partition coefficient (Wildman–Crippen LogP) is 4.04. The van der Waals surface area contributed by atoms with Crippen LogP contribution in [-0.2, 0) is 19.1 Å². The van der Waals surface area contributed by atoms with Crippen LogP contribution < -0.4 is 0 Å². The fourth-order valence-corrected chi connectivity index (χ4v) is 7.90. The van der Waals surface area contributed by atoms with Gasteiger partial charge in [-0.2, -0.15) is 0 Å². The minimum Gasteiger partial charge on any atom is -0.459 e. The summed E-state index contributed by atoms with van der Waals surface area (Å²) < 4.78 is 5.71. The van der Waals surface area contributed by atoms with Crippen LogP contribution in [0.3, 0.4) is 0 Å². The van der Waals surface area contributed by atoms with Gasteiger partial charge in [0.15, 0.2) is 5.78 Å². The molecule has 0 aromatic carbocycles. The zero-order chi connectivity index (χ0) is 23.0. The number of ketones is 2. The van der Waals surface area contributed by atoms with Crippen LogP contribution in [0.2, 0.25) is 0 Å². The Morgan fingerprint density at radius 1 is 1.16 bits per heavy atom. The monoisotopic (exact) mass is 440 g/mol. The lowest BCUT2D eigenvalue weighted by molar-refractivity contribution is -0.193. The van der Waals surface area contributed by atoms with Crippen molar-refractivity contribution in [1.82, 2.24) is 0 Å². The van der Waals surface area contributed by atoms with Gasteiger partial charge in [0.2, 0.25) is 0 Å². The van der Waals surface area contributed by atoms with Crippen molar-refractivity contribution in [3.63, 3.8) is 0 Å². The highest BCUT2D eigenvalue weighted by Gasteiger charge is 2.62. The molecule has 1 aliphatic heterocycles. The molecule has 5 heteroatoms. The van der Waals surface area contributed by atoms with Crippen LogP contribution in [0.4, 0.5) is 0 Å². The number of Topliss-reactive ketones (excluding diaryl/α,β-unsaturated/α-hetero) is 1. The molecule has 4 aliphatic carbocycles. The van der Waals surface area contributed by atoms with Crippen LogP contribution in [0.5, 0.6) is 0 Å². The number of carbonyl (C=O) groups excluding carboxylic acids is 3. The highest BCUT2D eigenvalue weighted by atomic mass is 16.6. The van der Waals surface area contributed by atoms with Gasteiger partial charge in [-0.3, -0.25) is 14.4 Å². The molecule has 2 saturated carbocycles. The molecule has 1 saturated heterocycles. The zero-order valence-electron chi connectivity index (χ0n) is 19.7. The molecule has 5 aliphatic rings. The lowest BCUT2D eigenvalue weighted by atomic mass is 9.50. The third kappa shape index (κ3) is 2.96. The number of rotatable bonds is 2. The number of hydrogen-bond donors (Lipinski definition) is 1. The maximum atomic E-state index is 13.6. The first-order chi connectivity index (χ1) is 15.1. The number of fused-ring (bicyclic) bond motifs is 5. The predicted molar refractivity (Wildman–Crippen MR) is 119 cm³/mol. The number of hydrogen-bond acceptors (Lipinski definition) is 5. The summed E-state index contributed by atoms with van der Waals surface area (Å²) in [6.07, 6.45) is 9.72. The molecule has 5 nitrogen and oxygen atoms in total. The van der Waals surface area contributed by atoms with Gasteiger partial charge in [0.05, 0.1) is 11.3 Å². The van der Waals surface area contributed by atoms with E-state index in [0.717, 1.165) is 25.7 Å². The Labute approximate surface area is 190 Å². The van der Waals surface area contributed by atoms with E-state index in [4.69, 9.17) is 4.74 Å². The van der Waals surface area contributed by atoms with Crippen molar-refractivity contribution in [2.75, 3.05) is 0 Å². The van der Waals surface area contributed by atoms with E-state index in [1.807, 2.05) is 26.8 Å². The van der Waals surface area contributed by atoms with E-state index in [1.165, 1.54) is 5.57 Å². The molecule has 1 heterocycles. The van der Waals surface area contributed by atoms with Gasteiger partial charge < -0.3 is 9.84 Å². The molecule has 1 N–H and O–H groups in total. The van der Waals surface area contributed by atoms with E-state index in [2.05, 4.69) is 6.08 Å². The average Bonchev–Trinajstić information content (AvgIpc) is 3.20. The first-order valence-electron chi connectivity index (χ1n) is 12.4. The van der Waals surface area contributed by atoms with Gasteiger partial charge in [0.1, 0.15) is 17.5 Å². The second-order valence-corrected chi connectivity index (χ2v) is 11.6. The van der Waals surface area contributed by atoms with Crippen LogP contribution in [0.15, 0.2) is 23.8 Å². The normalized spacial score (nSPS) is 47.7. The maximum Gasteiger partial charge on any atom is 0.309 e. The van der Waals surface area contributed by atoms with Crippen LogP contribution in [0.1, 0.15) is 66.2 Å². The molecule has 0 radical (unpaired) electrons. The summed E-state index contributed by atoms with van der Waals surface area (Å²) in [6.45, 7) is 7.73. The van der Waals surface area contributed by atoms with E-state index in [-0.39, 0.29) is 59.0 Å². The number of allylic oxidation sites excluding steroid dienone is 4. The van der Waals surface area contributed by atoms with Gasteiger partial charge in [0.25, 0.3) is 0 Å². The molecule has 0 aromatic rings. The molecule has 10 atom stereocenters.